The van der Waals surface area contributed by atoms with E-state index < -0.39 is 0 Å². The van der Waals surface area contributed by atoms with E-state index >= 15 is 0 Å². The van der Waals surface area contributed by atoms with Gasteiger partial charge in [0.15, 0.2) is 17.2 Å². The van der Waals surface area contributed by atoms with E-state index in [0.717, 1.165) is 34.9 Å². The number of hydrogen-bond donors (Lipinski definition) is 2. The van der Waals surface area contributed by atoms with Crippen molar-refractivity contribution in [3.05, 3.63) is 83.0 Å². The average Bonchev–Trinajstić information content (AvgIpc) is 3.09. The smallest absolute Gasteiger partial charge is 0.255 e. The molecule has 3 N–H and O–H groups in total. The molecule has 33 heavy (non-hydrogen) atoms. The van der Waals surface area contributed by atoms with Crippen LogP contribution in [-0.4, -0.2) is 30.1 Å². The van der Waals surface area contributed by atoms with Crippen LogP contribution in [0.1, 0.15) is 43.2 Å². The number of anilines is 1. The van der Waals surface area contributed by atoms with Crippen molar-refractivity contribution in [2.75, 3.05) is 18.9 Å². The van der Waals surface area contributed by atoms with Gasteiger partial charge in [-0.15, -0.1) is 0 Å². The zero-order valence-electron chi connectivity index (χ0n) is 20.0. The van der Waals surface area contributed by atoms with Crippen molar-refractivity contribution in [1.29, 1.82) is 0 Å². The number of nitrogens with one attached hydrogen (secondary N) is 1. The maximum absolute atomic E-state index is 6.47. The standard InChI is InChI=1S/C27H34N5O/c1-5-33-18-24-30-25-26(32(24,31-19(2)3)17-22-14-10-7-11-15-22)23(20(4)29-27(25)28)16-21-12-8-6-9-13-21/h6-15,19,31H,5,16-18H2,1-4H3,(H2,28,29)/q+1. The lowest BCUT2D eigenvalue weighted by atomic mass is 9.99. The molecule has 1 aromatic heterocycles. The Balaban J connectivity index is 1.94. The van der Waals surface area contributed by atoms with Gasteiger partial charge in [0.25, 0.3) is 5.84 Å². The number of aliphatic imine (C=N–C) groups is 1. The van der Waals surface area contributed by atoms with Crippen LogP contribution in [0.15, 0.2) is 65.7 Å². The fourth-order valence-corrected chi connectivity index (χ4v) is 4.60. The van der Waals surface area contributed by atoms with Crippen molar-refractivity contribution in [2.45, 2.75) is 46.7 Å². The second kappa shape index (κ2) is 9.83. The minimum Gasteiger partial charge on any atom is -0.382 e. The molecule has 1 atom stereocenters. The lowest BCUT2D eigenvalue weighted by Gasteiger charge is -2.37. The number of fused-ring (bicyclic) bond motifs is 1. The number of benzene rings is 2. The van der Waals surface area contributed by atoms with Gasteiger partial charge in [-0.3, -0.25) is 0 Å². The number of amidine groups is 1. The van der Waals surface area contributed by atoms with Gasteiger partial charge in [-0.2, -0.15) is 15.0 Å². The Kier molecular flexibility index (Phi) is 6.88. The van der Waals surface area contributed by atoms with E-state index in [-0.39, 0.29) is 6.04 Å². The van der Waals surface area contributed by atoms with Gasteiger partial charge in [0.1, 0.15) is 13.2 Å². The molecule has 0 amide bonds. The molecular formula is C27H34N5O+. The Morgan fingerprint density at radius 3 is 2.24 bits per heavy atom. The normalized spacial score (nSPS) is 17.3. The lowest BCUT2D eigenvalue weighted by Crippen LogP contribution is -2.65. The van der Waals surface area contributed by atoms with Crippen LogP contribution in [0.25, 0.3) is 0 Å². The predicted octanol–water partition coefficient (Wildman–Crippen LogP) is 5.06. The minimum absolute atomic E-state index is 0.200. The Bertz CT molecular complexity index is 1130. The maximum atomic E-state index is 6.47. The van der Waals surface area contributed by atoms with Crippen molar-refractivity contribution in [3.63, 3.8) is 0 Å². The molecule has 0 fully saturated rings. The number of pyridine rings is 1. The molecule has 1 unspecified atom stereocenters. The summed E-state index contributed by atoms with van der Waals surface area (Å²) in [5.74, 6) is 1.37. The number of rotatable bonds is 9. The third-order valence-corrected chi connectivity index (χ3v) is 5.94. The highest BCUT2D eigenvalue weighted by molar-refractivity contribution is 6.05. The molecule has 0 radical (unpaired) electrons. The summed E-state index contributed by atoms with van der Waals surface area (Å²) in [5.41, 5.74) is 16.7. The van der Waals surface area contributed by atoms with E-state index in [1.165, 1.54) is 11.1 Å². The van der Waals surface area contributed by atoms with Crippen LogP contribution >= 0.6 is 0 Å². The maximum Gasteiger partial charge on any atom is 0.255 e. The van der Waals surface area contributed by atoms with Crippen LogP contribution < -0.4 is 15.8 Å². The molecule has 4 rings (SSSR count). The van der Waals surface area contributed by atoms with E-state index in [9.17, 15) is 0 Å². The molecule has 2 aromatic carbocycles. The third kappa shape index (κ3) is 4.69. The number of nitrogens with two attached hydrogens (primary N) is 1. The lowest BCUT2D eigenvalue weighted by molar-refractivity contribution is 0.167. The number of aryl methyl sites for hydroxylation is 1. The number of aromatic nitrogens is 1. The van der Waals surface area contributed by atoms with Gasteiger partial charge < -0.3 is 10.5 Å². The summed E-state index contributed by atoms with van der Waals surface area (Å²) in [6.07, 6.45) is 0.758. The molecule has 6 heteroatoms. The second-order valence-corrected chi connectivity index (χ2v) is 8.82. The molecular weight excluding hydrogens is 410 g/mol. The monoisotopic (exact) mass is 444 g/mol. The van der Waals surface area contributed by atoms with E-state index in [1.807, 2.05) is 26.0 Å². The molecule has 6 nitrogen and oxygen atoms in total. The SMILES string of the molecule is CCOCC1=Nc2c(N)nc(C)c(Cc3ccccc3)c2[N+]1(Cc1ccccc1)NC(C)C. The van der Waals surface area contributed by atoms with Gasteiger partial charge in [0.05, 0.1) is 6.04 Å². The first-order valence-electron chi connectivity index (χ1n) is 11.6. The number of nitrogens with zero attached hydrogens (tertiary/aromatic N) is 3. The molecule has 0 saturated carbocycles. The second-order valence-electron chi connectivity index (χ2n) is 8.82. The van der Waals surface area contributed by atoms with Crippen LogP contribution in [0, 0.1) is 6.92 Å². The van der Waals surface area contributed by atoms with Gasteiger partial charge in [-0.25, -0.2) is 4.98 Å². The molecule has 1 aliphatic rings. The highest BCUT2D eigenvalue weighted by atomic mass is 16.5. The average molecular weight is 445 g/mol. The number of nitrogen functional groups attached to an aromatic ring is 1. The summed E-state index contributed by atoms with van der Waals surface area (Å²) < 4.78 is 6.29. The molecule has 3 aromatic rings. The summed E-state index contributed by atoms with van der Waals surface area (Å²) in [4.78, 5) is 9.75. The highest BCUT2D eigenvalue weighted by Gasteiger charge is 2.49. The first-order chi connectivity index (χ1) is 15.9. The van der Waals surface area contributed by atoms with E-state index in [1.54, 1.807) is 0 Å². The number of ether oxygens (including phenoxy) is 1. The van der Waals surface area contributed by atoms with Gasteiger partial charge in [0, 0.05) is 29.8 Å². The Hall–Kier alpha value is -3.06. The van der Waals surface area contributed by atoms with Crippen LogP contribution in [0.2, 0.25) is 0 Å². The Labute approximate surface area is 196 Å². The van der Waals surface area contributed by atoms with Crippen molar-refractivity contribution in [2.24, 2.45) is 4.99 Å². The van der Waals surface area contributed by atoms with Crippen molar-refractivity contribution in [3.8, 4) is 0 Å². The topological polar surface area (TPSA) is 72.5 Å². The van der Waals surface area contributed by atoms with Gasteiger partial charge in [-0.1, -0.05) is 60.7 Å². The Morgan fingerprint density at radius 2 is 1.64 bits per heavy atom. The van der Waals surface area contributed by atoms with Gasteiger partial charge in [-0.05, 0) is 33.3 Å². The fraction of sp³-hybridized carbons (Fsp3) is 0.333. The number of hydrogen-bond acceptors (Lipinski definition) is 5. The van der Waals surface area contributed by atoms with Crippen LogP contribution in [0.4, 0.5) is 17.2 Å². The third-order valence-electron chi connectivity index (χ3n) is 5.94. The first-order valence-corrected chi connectivity index (χ1v) is 11.6. The molecule has 0 spiro atoms. The summed E-state index contributed by atoms with van der Waals surface area (Å²) >= 11 is 0. The van der Waals surface area contributed by atoms with Gasteiger partial charge >= 0.3 is 0 Å². The largest absolute Gasteiger partial charge is 0.382 e. The van der Waals surface area contributed by atoms with Crippen LogP contribution in [0.3, 0.4) is 0 Å². The molecule has 0 aliphatic carbocycles. The van der Waals surface area contributed by atoms with Crippen molar-refractivity contribution < 1.29 is 4.74 Å². The molecule has 172 valence electrons. The highest BCUT2D eigenvalue weighted by Crippen LogP contribution is 2.48. The molecule has 0 saturated heterocycles. The van der Waals surface area contributed by atoms with Gasteiger partial charge in [0.2, 0.25) is 0 Å². The zero-order valence-corrected chi connectivity index (χ0v) is 20.0. The zero-order chi connectivity index (χ0) is 23.4. The van der Waals surface area contributed by atoms with Crippen molar-refractivity contribution >= 4 is 23.0 Å². The first kappa shape index (κ1) is 23.1. The fourth-order valence-electron chi connectivity index (χ4n) is 4.60. The molecule has 2 heterocycles. The van der Waals surface area contributed by atoms with E-state index in [2.05, 4.69) is 67.8 Å². The minimum atomic E-state index is 0.200. The summed E-state index contributed by atoms with van der Waals surface area (Å²) in [6, 6.07) is 21.2. The summed E-state index contributed by atoms with van der Waals surface area (Å²) in [5, 5.41) is 0. The van der Waals surface area contributed by atoms with Crippen LogP contribution in [-0.2, 0) is 17.7 Å². The van der Waals surface area contributed by atoms with Crippen LogP contribution in [0.5, 0.6) is 0 Å². The number of quaternary nitrogens is 1. The molecule has 0 bridgehead atoms. The Morgan fingerprint density at radius 1 is 1.00 bits per heavy atom. The van der Waals surface area contributed by atoms with Crippen molar-refractivity contribution in [1.82, 2.24) is 15.0 Å². The summed E-state index contributed by atoms with van der Waals surface area (Å²) in [7, 11) is 0. The quantitative estimate of drug-likeness (QED) is 0.452. The molecule has 1 aliphatic heterocycles. The predicted molar refractivity (Wildman–Crippen MR) is 136 cm³/mol. The van der Waals surface area contributed by atoms with E-state index in [0.29, 0.717) is 30.2 Å². The summed E-state index contributed by atoms with van der Waals surface area (Å²) in [6.45, 7) is 10.1. The van der Waals surface area contributed by atoms with E-state index in [4.69, 9.17) is 20.4 Å².